The minimum atomic E-state index is -0.118. The quantitative estimate of drug-likeness (QED) is 0.678. The molecule has 3 aromatic rings. The molecule has 24 heavy (non-hydrogen) atoms. The Hall–Kier alpha value is -2.82. The number of unbranched alkanes of at least 4 members (excludes halogenated alkanes) is 1. The van der Waals surface area contributed by atoms with Crippen LogP contribution in [-0.2, 0) is 6.54 Å². The predicted octanol–water partition coefficient (Wildman–Crippen LogP) is 3.44. The average Bonchev–Trinajstić information content (AvgIpc) is 3.03. The first-order valence-corrected chi connectivity index (χ1v) is 8.20. The van der Waals surface area contributed by atoms with Crippen LogP contribution in [0.5, 0.6) is 5.75 Å². The van der Waals surface area contributed by atoms with Crippen molar-refractivity contribution in [1.29, 1.82) is 0 Å². The van der Waals surface area contributed by atoms with Gasteiger partial charge in [0.15, 0.2) is 0 Å². The van der Waals surface area contributed by atoms with Crippen molar-refractivity contribution in [3.05, 3.63) is 66.0 Å². The summed E-state index contributed by atoms with van der Waals surface area (Å²) in [7, 11) is 0. The number of carbonyl (C=O) groups is 1. The Labute approximate surface area is 141 Å². The van der Waals surface area contributed by atoms with E-state index in [1.807, 2.05) is 42.6 Å². The van der Waals surface area contributed by atoms with Gasteiger partial charge in [-0.2, -0.15) is 5.10 Å². The highest BCUT2D eigenvalue weighted by molar-refractivity contribution is 5.94. The fraction of sp³-hybridized carbons (Fsp3) is 0.263. The van der Waals surface area contributed by atoms with Gasteiger partial charge in [0.05, 0.1) is 24.4 Å². The van der Waals surface area contributed by atoms with Gasteiger partial charge in [-0.15, -0.1) is 0 Å². The molecule has 124 valence electrons. The molecule has 1 amide bonds. The lowest BCUT2D eigenvalue weighted by atomic mass is 10.2. The average molecular weight is 323 g/mol. The van der Waals surface area contributed by atoms with Crippen molar-refractivity contribution in [3.63, 3.8) is 0 Å². The van der Waals surface area contributed by atoms with E-state index >= 15 is 0 Å². The van der Waals surface area contributed by atoms with Crippen molar-refractivity contribution in [2.24, 2.45) is 0 Å². The Morgan fingerprint density at radius 3 is 2.79 bits per heavy atom. The molecule has 0 saturated carbocycles. The molecule has 0 radical (unpaired) electrons. The number of fused-ring (bicyclic) bond motifs is 1. The second-order valence-electron chi connectivity index (χ2n) is 5.61. The molecule has 0 unspecified atom stereocenters. The van der Waals surface area contributed by atoms with Crippen LogP contribution in [0.15, 0.2) is 54.7 Å². The molecule has 1 aromatic carbocycles. The summed E-state index contributed by atoms with van der Waals surface area (Å²) in [6.45, 7) is 3.23. The highest BCUT2D eigenvalue weighted by Gasteiger charge is 2.07. The molecule has 0 atom stereocenters. The van der Waals surface area contributed by atoms with Crippen LogP contribution in [0.3, 0.4) is 0 Å². The van der Waals surface area contributed by atoms with E-state index in [0.717, 1.165) is 29.8 Å². The lowest BCUT2D eigenvalue weighted by Crippen LogP contribution is -2.22. The zero-order valence-corrected chi connectivity index (χ0v) is 13.7. The number of pyridine rings is 1. The zero-order chi connectivity index (χ0) is 16.8. The number of hydrogen-bond acceptors (Lipinski definition) is 3. The van der Waals surface area contributed by atoms with Gasteiger partial charge in [0.2, 0.25) is 0 Å². The number of hydrogen-bond donors (Lipinski definition) is 1. The fourth-order valence-corrected chi connectivity index (χ4v) is 2.39. The molecule has 0 bridgehead atoms. The Morgan fingerprint density at radius 2 is 2.04 bits per heavy atom. The molecular weight excluding hydrogens is 302 g/mol. The topological polar surface area (TPSA) is 55.6 Å². The van der Waals surface area contributed by atoms with Crippen LogP contribution < -0.4 is 10.1 Å². The summed E-state index contributed by atoms with van der Waals surface area (Å²) in [5.74, 6) is 0.674. The van der Waals surface area contributed by atoms with Crippen molar-refractivity contribution in [2.75, 3.05) is 6.61 Å². The maximum atomic E-state index is 12.2. The maximum absolute atomic E-state index is 12.2. The molecule has 0 aliphatic heterocycles. The number of ether oxygens (including phenoxy) is 1. The van der Waals surface area contributed by atoms with Crippen LogP contribution in [0.4, 0.5) is 0 Å². The first kappa shape index (κ1) is 16.1. The lowest BCUT2D eigenvalue weighted by molar-refractivity contribution is 0.0950. The van der Waals surface area contributed by atoms with Crippen LogP contribution in [0.25, 0.3) is 5.52 Å². The van der Waals surface area contributed by atoms with E-state index in [2.05, 4.69) is 17.3 Å². The third-order valence-electron chi connectivity index (χ3n) is 3.73. The summed E-state index contributed by atoms with van der Waals surface area (Å²) in [5, 5.41) is 7.31. The third kappa shape index (κ3) is 3.93. The number of nitrogens with zero attached hydrogens (tertiary/aromatic N) is 2. The number of benzene rings is 1. The van der Waals surface area contributed by atoms with Gasteiger partial charge in [0.1, 0.15) is 5.75 Å². The number of nitrogens with one attached hydrogen (secondary N) is 1. The SMILES string of the molecule is CCCCOc1ccc(C(=O)NCc2cc3ccccn3n2)cc1. The number of rotatable bonds is 7. The molecule has 2 heterocycles. The normalized spacial score (nSPS) is 10.7. The second-order valence-corrected chi connectivity index (χ2v) is 5.61. The summed E-state index contributed by atoms with van der Waals surface area (Å²) >= 11 is 0. The van der Waals surface area contributed by atoms with Crippen molar-refractivity contribution in [1.82, 2.24) is 14.9 Å². The molecule has 2 aromatic heterocycles. The lowest BCUT2D eigenvalue weighted by Gasteiger charge is -2.07. The molecule has 0 fully saturated rings. The zero-order valence-electron chi connectivity index (χ0n) is 13.7. The van der Waals surface area contributed by atoms with Crippen molar-refractivity contribution < 1.29 is 9.53 Å². The van der Waals surface area contributed by atoms with Crippen molar-refractivity contribution in [2.45, 2.75) is 26.3 Å². The monoisotopic (exact) mass is 323 g/mol. The van der Waals surface area contributed by atoms with Crippen LogP contribution in [0.2, 0.25) is 0 Å². The molecule has 5 nitrogen and oxygen atoms in total. The van der Waals surface area contributed by atoms with Gasteiger partial charge in [-0.3, -0.25) is 4.79 Å². The Kier molecular flexibility index (Phi) is 5.11. The molecule has 1 N–H and O–H groups in total. The van der Waals surface area contributed by atoms with Gasteiger partial charge < -0.3 is 10.1 Å². The first-order chi connectivity index (χ1) is 11.8. The molecule has 5 heteroatoms. The van der Waals surface area contributed by atoms with E-state index < -0.39 is 0 Å². The summed E-state index contributed by atoms with van der Waals surface area (Å²) in [6, 6.07) is 15.0. The summed E-state index contributed by atoms with van der Waals surface area (Å²) < 4.78 is 7.40. The molecule has 0 spiro atoms. The van der Waals surface area contributed by atoms with Gasteiger partial charge in [0, 0.05) is 11.8 Å². The van der Waals surface area contributed by atoms with Gasteiger partial charge in [-0.25, -0.2) is 4.52 Å². The summed E-state index contributed by atoms with van der Waals surface area (Å²) in [4.78, 5) is 12.2. The largest absolute Gasteiger partial charge is 0.494 e. The van der Waals surface area contributed by atoms with Gasteiger partial charge in [-0.05, 0) is 48.9 Å². The van der Waals surface area contributed by atoms with Crippen molar-refractivity contribution in [3.8, 4) is 5.75 Å². The van der Waals surface area contributed by atoms with E-state index in [9.17, 15) is 4.79 Å². The van der Waals surface area contributed by atoms with Crippen molar-refractivity contribution >= 4 is 11.4 Å². The van der Waals surface area contributed by atoms with E-state index in [1.54, 1.807) is 16.6 Å². The minimum Gasteiger partial charge on any atom is -0.494 e. The van der Waals surface area contributed by atoms with Crippen LogP contribution in [0, 0.1) is 0 Å². The van der Waals surface area contributed by atoms with Gasteiger partial charge in [-0.1, -0.05) is 19.4 Å². The van der Waals surface area contributed by atoms with Gasteiger partial charge in [0.25, 0.3) is 5.91 Å². The van der Waals surface area contributed by atoms with Gasteiger partial charge >= 0.3 is 0 Å². The highest BCUT2D eigenvalue weighted by atomic mass is 16.5. The van der Waals surface area contributed by atoms with E-state index in [0.29, 0.717) is 18.7 Å². The number of aromatic nitrogens is 2. The summed E-state index contributed by atoms with van der Waals surface area (Å²) in [6.07, 6.45) is 4.02. The Bertz CT molecular complexity index is 776. The Balaban J connectivity index is 1.56. The smallest absolute Gasteiger partial charge is 0.251 e. The Morgan fingerprint density at radius 1 is 1.21 bits per heavy atom. The predicted molar refractivity (Wildman–Crippen MR) is 93.2 cm³/mol. The molecular formula is C19H21N3O2. The molecule has 0 saturated heterocycles. The van der Waals surface area contributed by atoms with E-state index in [4.69, 9.17) is 4.74 Å². The first-order valence-electron chi connectivity index (χ1n) is 8.20. The molecule has 3 rings (SSSR count). The van der Waals surface area contributed by atoms with Crippen LogP contribution in [0.1, 0.15) is 35.8 Å². The maximum Gasteiger partial charge on any atom is 0.251 e. The van der Waals surface area contributed by atoms with E-state index in [-0.39, 0.29) is 5.91 Å². The second kappa shape index (κ2) is 7.64. The minimum absolute atomic E-state index is 0.118. The standard InChI is InChI=1S/C19H21N3O2/c1-2-3-12-24-18-9-7-15(8-10-18)19(23)20-14-16-13-17-6-4-5-11-22(17)21-16/h4-11,13H,2-3,12,14H2,1H3,(H,20,23). The number of amides is 1. The van der Waals surface area contributed by atoms with E-state index in [1.165, 1.54) is 0 Å². The number of carbonyl (C=O) groups excluding carboxylic acids is 1. The van der Waals surface area contributed by atoms with Crippen LogP contribution in [-0.4, -0.2) is 22.1 Å². The highest BCUT2D eigenvalue weighted by Crippen LogP contribution is 2.13. The summed E-state index contributed by atoms with van der Waals surface area (Å²) in [5.41, 5.74) is 2.45. The molecule has 0 aliphatic rings. The molecule has 0 aliphatic carbocycles. The third-order valence-corrected chi connectivity index (χ3v) is 3.73. The van der Waals surface area contributed by atoms with Crippen LogP contribution >= 0.6 is 0 Å². The fourth-order valence-electron chi connectivity index (χ4n) is 2.39.